The second-order valence-electron chi connectivity index (χ2n) is 5.82. The van der Waals surface area contributed by atoms with Gasteiger partial charge >= 0.3 is 0 Å². The van der Waals surface area contributed by atoms with E-state index < -0.39 is 5.92 Å². The van der Waals surface area contributed by atoms with Crippen LogP contribution in [0.2, 0.25) is 0 Å². The van der Waals surface area contributed by atoms with Crippen molar-refractivity contribution < 1.29 is 8.78 Å². The van der Waals surface area contributed by atoms with E-state index in [0.717, 1.165) is 30.1 Å². The fourth-order valence-electron chi connectivity index (χ4n) is 2.93. The molecule has 114 valence electrons. The van der Waals surface area contributed by atoms with Gasteiger partial charge in [0.2, 0.25) is 5.92 Å². The summed E-state index contributed by atoms with van der Waals surface area (Å²) in [5.74, 6) is -2.09. The van der Waals surface area contributed by atoms with Gasteiger partial charge in [0.1, 0.15) is 0 Å². The van der Waals surface area contributed by atoms with Gasteiger partial charge in [0.15, 0.2) is 0 Å². The van der Waals surface area contributed by atoms with Crippen LogP contribution < -0.4 is 5.32 Å². The van der Waals surface area contributed by atoms with Crippen LogP contribution in [0.4, 0.5) is 8.78 Å². The molecule has 1 N–H and O–H groups in total. The standard InChI is InChI=1S/C15H24F2N2S/c1-3-8-18-14(9-13-10-20-11(2)19-13)12-4-6-15(16,17)7-5-12/h10,12,14,18H,3-9H2,1-2H3. The summed E-state index contributed by atoms with van der Waals surface area (Å²) < 4.78 is 26.6. The number of nitrogens with zero attached hydrogens (tertiary/aromatic N) is 1. The summed E-state index contributed by atoms with van der Waals surface area (Å²) in [5, 5.41) is 6.71. The highest BCUT2D eigenvalue weighted by atomic mass is 32.1. The smallest absolute Gasteiger partial charge is 0.248 e. The lowest BCUT2D eigenvalue weighted by atomic mass is 9.80. The maximum atomic E-state index is 13.3. The number of rotatable bonds is 6. The van der Waals surface area contributed by atoms with Crippen molar-refractivity contribution >= 4 is 11.3 Å². The van der Waals surface area contributed by atoms with Crippen LogP contribution in [0.25, 0.3) is 0 Å². The van der Waals surface area contributed by atoms with Gasteiger partial charge in [-0.05, 0) is 38.6 Å². The molecule has 0 amide bonds. The summed E-state index contributed by atoms with van der Waals surface area (Å²) in [6.07, 6.45) is 3.25. The molecule has 0 spiro atoms. The zero-order valence-electron chi connectivity index (χ0n) is 12.3. The maximum absolute atomic E-state index is 13.3. The Labute approximate surface area is 124 Å². The van der Waals surface area contributed by atoms with E-state index in [4.69, 9.17) is 0 Å². The second-order valence-corrected chi connectivity index (χ2v) is 6.88. The number of halogens is 2. The van der Waals surface area contributed by atoms with Crippen LogP contribution in [0.1, 0.15) is 49.7 Å². The Balaban J connectivity index is 1.96. The van der Waals surface area contributed by atoms with Crippen molar-refractivity contribution in [3.63, 3.8) is 0 Å². The summed E-state index contributed by atoms with van der Waals surface area (Å²) in [4.78, 5) is 4.51. The van der Waals surface area contributed by atoms with E-state index in [1.807, 2.05) is 6.92 Å². The number of hydrogen-bond donors (Lipinski definition) is 1. The minimum absolute atomic E-state index is 0.0397. The molecular formula is C15H24F2N2S. The molecule has 1 unspecified atom stereocenters. The zero-order chi connectivity index (χ0) is 14.6. The SMILES string of the molecule is CCCNC(Cc1csc(C)n1)C1CCC(F)(F)CC1. The quantitative estimate of drug-likeness (QED) is 0.852. The van der Waals surface area contributed by atoms with Crippen LogP contribution in [-0.4, -0.2) is 23.5 Å². The molecule has 0 saturated heterocycles. The minimum Gasteiger partial charge on any atom is -0.313 e. The van der Waals surface area contributed by atoms with Gasteiger partial charge in [0.05, 0.1) is 10.7 Å². The Hall–Kier alpha value is -0.550. The summed E-state index contributed by atoms with van der Waals surface area (Å²) in [5.41, 5.74) is 1.10. The van der Waals surface area contributed by atoms with Gasteiger partial charge < -0.3 is 5.32 Å². The number of hydrogen-bond acceptors (Lipinski definition) is 3. The molecule has 2 nitrogen and oxygen atoms in total. The number of thiazole rings is 1. The molecule has 2 rings (SSSR count). The van der Waals surface area contributed by atoms with E-state index in [1.54, 1.807) is 11.3 Å². The first-order chi connectivity index (χ1) is 9.50. The van der Waals surface area contributed by atoms with Gasteiger partial charge in [-0.2, -0.15) is 0 Å². The Morgan fingerprint density at radius 2 is 2.15 bits per heavy atom. The molecule has 1 aliphatic carbocycles. The van der Waals surface area contributed by atoms with Gasteiger partial charge in [-0.1, -0.05) is 6.92 Å². The fraction of sp³-hybridized carbons (Fsp3) is 0.800. The first-order valence-corrected chi connectivity index (χ1v) is 8.40. The van der Waals surface area contributed by atoms with Crippen molar-refractivity contribution in [1.29, 1.82) is 0 Å². The van der Waals surface area contributed by atoms with Gasteiger partial charge in [-0.3, -0.25) is 0 Å². The molecule has 20 heavy (non-hydrogen) atoms. The fourth-order valence-corrected chi connectivity index (χ4v) is 3.55. The zero-order valence-corrected chi connectivity index (χ0v) is 13.1. The highest BCUT2D eigenvalue weighted by Crippen LogP contribution is 2.38. The number of nitrogens with one attached hydrogen (secondary N) is 1. The molecule has 0 radical (unpaired) electrons. The highest BCUT2D eigenvalue weighted by Gasteiger charge is 2.37. The van der Waals surface area contributed by atoms with E-state index in [2.05, 4.69) is 22.6 Å². The number of alkyl halides is 2. The Kier molecular flexibility index (Phi) is 5.49. The second kappa shape index (κ2) is 6.94. The van der Waals surface area contributed by atoms with E-state index in [0.29, 0.717) is 18.8 Å². The molecule has 1 heterocycles. The molecule has 1 aromatic rings. The molecule has 5 heteroatoms. The van der Waals surface area contributed by atoms with Crippen LogP contribution in [0.15, 0.2) is 5.38 Å². The monoisotopic (exact) mass is 302 g/mol. The van der Waals surface area contributed by atoms with Crippen LogP contribution >= 0.6 is 11.3 Å². The Morgan fingerprint density at radius 1 is 1.45 bits per heavy atom. The average molecular weight is 302 g/mol. The van der Waals surface area contributed by atoms with Crippen molar-refractivity contribution in [2.75, 3.05) is 6.54 Å². The van der Waals surface area contributed by atoms with Gasteiger partial charge in [0.25, 0.3) is 0 Å². The third-order valence-electron chi connectivity index (χ3n) is 4.08. The molecule has 1 aromatic heterocycles. The number of aromatic nitrogens is 1. The lowest BCUT2D eigenvalue weighted by molar-refractivity contribution is -0.0495. The van der Waals surface area contributed by atoms with Gasteiger partial charge in [-0.15, -0.1) is 11.3 Å². The van der Waals surface area contributed by atoms with Crippen molar-refractivity contribution in [3.05, 3.63) is 16.1 Å². The lowest BCUT2D eigenvalue weighted by Crippen LogP contribution is -2.41. The third kappa shape index (κ3) is 4.48. The van der Waals surface area contributed by atoms with Crippen LogP contribution in [0.3, 0.4) is 0 Å². The highest BCUT2D eigenvalue weighted by molar-refractivity contribution is 7.09. The molecule has 0 bridgehead atoms. The average Bonchev–Trinajstić information content (AvgIpc) is 2.80. The Morgan fingerprint density at radius 3 is 2.70 bits per heavy atom. The van der Waals surface area contributed by atoms with Crippen LogP contribution in [-0.2, 0) is 6.42 Å². The van der Waals surface area contributed by atoms with Gasteiger partial charge in [-0.25, -0.2) is 13.8 Å². The predicted molar refractivity (Wildman–Crippen MR) is 79.5 cm³/mol. The van der Waals surface area contributed by atoms with Gasteiger partial charge in [0, 0.05) is 30.7 Å². The molecule has 0 aromatic carbocycles. The largest absolute Gasteiger partial charge is 0.313 e. The topological polar surface area (TPSA) is 24.9 Å². The van der Waals surface area contributed by atoms with E-state index in [-0.39, 0.29) is 18.9 Å². The molecular weight excluding hydrogens is 278 g/mol. The molecule has 0 aliphatic heterocycles. The van der Waals surface area contributed by atoms with Crippen molar-refractivity contribution in [1.82, 2.24) is 10.3 Å². The predicted octanol–water partition coefficient (Wildman–Crippen LogP) is 4.19. The van der Waals surface area contributed by atoms with Crippen LogP contribution in [0.5, 0.6) is 0 Å². The first kappa shape index (κ1) is 15.8. The summed E-state index contributed by atoms with van der Waals surface area (Å²) in [6.45, 7) is 5.08. The normalized spacial score (nSPS) is 21.0. The van der Waals surface area contributed by atoms with Crippen molar-refractivity contribution in [2.45, 2.75) is 64.3 Å². The first-order valence-electron chi connectivity index (χ1n) is 7.52. The summed E-state index contributed by atoms with van der Waals surface area (Å²) in [7, 11) is 0. The molecule has 1 atom stereocenters. The molecule has 1 fully saturated rings. The van der Waals surface area contributed by atoms with E-state index in [1.165, 1.54) is 0 Å². The van der Waals surface area contributed by atoms with Crippen LogP contribution in [0, 0.1) is 12.8 Å². The summed E-state index contributed by atoms with van der Waals surface area (Å²) >= 11 is 1.66. The van der Waals surface area contributed by atoms with Crippen molar-refractivity contribution in [3.8, 4) is 0 Å². The molecule has 1 saturated carbocycles. The molecule has 1 aliphatic rings. The third-order valence-corrected chi connectivity index (χ3v) is 4.91. The van der Waals surface area contributed by atoms with E-state index in [9.17, 15) is 8.78 Å². The van der Waals surface area contributed by atoms with Crippen molar-refractivity contribution in [2.24, 2.45) is 5.92 Å². The van der Waals surface area contributed by atoms with E-state index >= 15 is 0 Å². The minimum atomic E-state index is -2.44. The maximum Gasteiger partial charge on any atom is 0.248 e. The Bertz CT molecular complexity index is 410. The number of aryl methyl sites for hydroxylation is 1. The lowest BCUT2D eigenvalue weighted by Gasteiger charge is -2.34. The summed E-state index contributed by atoms with van der Waals surface area (Å²) in [6, 6.07) is 0.285.